The van der Waals surface area contributed by atoms with E-state index >= 15 is 0 Å². The number of hydrogen-bond acceptors (Lipinski definition) is 3. The maximum atomic E-state index is 4.56. The lowest BCUT2D eigenvalue weighted by Gasteiger charge is -2.29. The fourth-order valence-corrected chi connectivity index (χ4v) is 3.57. The Hall–Kier alpha value is -3.41. The van der Waals surface area contributed by atoms with Crippen molar-refractivity contribution < 1.29 is 0 Å². The second-order valence-corrected chi connectivity index (χ2v) is 7.06. The molecule has 0 aliphatic carbocycles. The number of aliphatic imine (C=N–C) groups is 1. The van der Waals surface area contributed by atoms with E-state index in [-0.39, 0.29) is 0 Å². The Bertz CT molecular complexity index is 1000. The molecule has 3 heterocycles. The van der Waals surface area contributed by atoms with Crippen molar-refractivity contribution in [1.29, 1.82) is 0 Å². The third-order valence-electron chi connectivity index (χ3n) is 5.20. The number of rotatable bonds is 4. The van der Waals surface area contributed by atoms with Gasteiger partial charge in [-0.2, -0.15) is 0 Å². The molecule has 0 bridgehead atoms. The Kier molecular flexibility index (Phi) is 5.70. The summed E-state index contributed by atoms with van der Waals surface area (Å²) in [6.07, 6.45) is 8.93. The van der Waals surface area contributed by atoms with Gasteiger partial charge in [0.05, 0.1) is 0 Å². The molecule has 0 unspecified atom stereocenters. The summed E-state index contributed by atoms with van der Waals surface area (Å²) in [5, 5.41) is 3.46. The minimum absolute atomic E-state index is 0.689. The summed E-state index contributed by atoms with van der Waals surface area (Å²) in [5.74, 6) is 2.72. The number of guanidine groups is 1. The SMILES string of the molecule is CN=C(NCc1ccc(-n2ccnc2C)nc1)N1CC=C(c2ccccc2)CC1. The molecule has 0 fully saturated rings. The summed E-state index contributed by atoms with van der Waals surface area (Å²) in [7, 11) is 1.84. The number of aromatic nitrogens is 3. The van der Waals surface area contributed by atoms with Crippen LogP contribution in [0.15, 0.2) is 72.1 Å². The molecule has 0 spiro atoms. The first-order valence-corrected chi connectivity index (χ1v) is 9.90. The van der Waals surface area contributed by atoms with Gasteiger partial charge in [0.2, 0.25) is 0 Å². The first-order valence-electron chi connectivity index (χ1n) is 9.90. The van der Waals surface area contributed by atoms with Crippen LogP contribution in [0.5, 0.6) is 0 Å². The van der Waals surface area contributed by atoms with Gasteiger partial charge < -0.3 is 10.2 Å². The number of hydrogen-bond donors (Lipinski definition) is 1. The Morgan fingerprint density at radius 1 is 1.14 bits per heavy atom. The van der Waals surface area contributed by atoms with Crippen LogP contribution in [-0.4, -0.2) is 45.5 Å². The number of nitrogens with zero attached hydrogens (tertiary/aromatic N) is 5. The van der Waals surface area contributed by atoms with Crippen LogP contribution < -0.4 is 5.32 Å². The molecular weight excluding hydrogens is 360 g/mol. The molecule has 0 saturated carbocycles. The average Bonchev–Trinajstić information content (AvgIpc) is 3.21. The molecule has 6 nitrogen and oxygen atoms in total. The highest BCUT2D eigenvalue weighted by atomic mass is 15.3. The van der Waals surface area contributed by atoms with E-state index in [0.29, 0.717) is 6.54 Å². The Labute approximate surface area is 171 Å². The topological polar surface area (TPSA) is 58.3 Å². The van der Waals surface area contributed by atoms with E-state index in [4.69, 9.17) is 0 Å². The molecule has 0 atom stereocenters. The molecule has 29 heavy (non-hydrogen) atoms. The van der Waals surface area contributed by atoms with Crippen LogP contribution in [0.4, 0.5) is 0 Å². The average molecular weight is 387 g/mol. The van der Waals surface area contributed by atoms with Crippen molar-refractivity contribution in [1.82, 2.24) is 24.8 Å². The van der Waals surface area contributed by atoms with Gasteiger partial charge in [-0.3, -0.25) is 9.56 Å². The summed E-state index contributed by atoms with van der Waals surface area (Å²) in [4.78, 5) is 15.6. The van der Waals surface area contributed by atoms with Gasteiger partial charge in [-0.1, -0.05) is 42.5 Å². The third kappa shape index (κ3) is 4.37. The van der Waals surface area contributed by atoms with Gasteiger partial charge in [0.15, 0.2) is 5.96 Å². The van der Waals surface area contributed by atoms with Crippen molar-refractivity contribution in [3.8, 4) is 5.82 Å². The van der Waals surface area contributed by atoms with Gasteiger partial charge in [0.25, 0.3) is 0 Å². The standard InChI is InChI=1S/C23H26N6/c1-18-25-12-15-29(18)22-9-8-19(16-26-22)17-27-23(24-2)28-13-10-21(11-14-28)20-6-4-3-5-7-20/h3-10,12,15-16H,11,13-14,17H2,1-2H3,(H,24,27). The van der Waals surface area contributed by atoms with Gasteiger partial charge in [-0.25, -0.2) is 9.97 Å². The zero-order valence-corrected chi connectivity index (χ0v) is 16.9. The summed E-state index contributed by atoms with van der Waals surface area (Å²) >= 11 is 0. The van der Waals surface area contributed by atoms with Crippen molar-refractivity contribution in [3.63, 3.8) is 0 Å². The van der Waals surface area contributed by atoms with E-state index in [1.807, 2.05) is 37.0 Å². The Balaban J connectivity index is 1.35. The number of pyridine rings is 1. The fraction of sp³-hybridized carbons (Fsp3) is 0.261. The molecule has 1 N–H and O–H groups in total. The summed E-state index contributed by atoms with van der Waals surface area (Å²) < 4.78 is 1.97. The quantitative estimate of drug-likeness (QED) is 0.551. The van der Waals surface area contributed by atoms with Gasteiger partial charge in [-0.15, -0.1) is 0 Å². The number of nitrogens with one attached hydrogen (secondary N) is 1. The van der Waals surface area contributed by atoms with Crippen LogP contribution in [0.3, 0.4) is 0 Å². The Morgan fingerprint density at radius 2 is 2.00 bits per heavy atom. The molecular formula is C23H26N6. The normalized spacial score (nSPS) is 14.6. The van der Waals surface area contributed by atoms with Crippen LogP contribution in [0.1, 0.15) is 23.4 Å². The number of imidazole rings is 1. The maximum Gasteiger partial charge on any atom is 0.194 e. The minimum atomic E-state index is 0.689. The summed E-state index contributed by atoms with van der Waals surface area (Å²) in [6.45, 7) is 4.48. The highest BCUT2D eigenvalue weighted by Gasteiger charge is 2.16. The van der Waals surface area contributed by atoms with Crippen molar-refractivity contribution >= 4 is 11.5 Å². The lowest BCUT2D eigenvalue weighted by Crippen LogP contribution is -2.43. The van der Waals surface area contributed by atoms with Gasteiger partial charge in [-0.05, 0) is 36.1 Å². The van der Waals surface area contributed by atoms with E-state index in [9.17, 15) is 0 Å². The van der Waals surface area contributed by atoms with Crippen molar-refractivity contribution in [2.75, 3.05) is 20.1 Å². The zero-order chi connectivity index (χ0) is 20.1. The first kappa shape index (κ1) is 18.9. The second-order valence-electron chi connectivity index (χ2n) is 7.06. The molecule has 0 amide bonds. The number of benzene rings is 1. The minimum Gasteiger partial charge on any atom is -0.352 e. The van der Waals surface area contributed by atoms with Crippen LogP contribution in [-0.2, 0) is 6.54 Å². The van der Waals surface area contributed by atoms with Crippen LogP contribution >= 0.6 is 0 Å². The van der Waals surface area contributed by atoms with Gasteiger partial charge >= 0.3 is 0 Å². The molecule has 2 aromatic heterocycles. The van der Waals surface area contributed by atoms with Crippen molar-refractivity contribution in [2.45, 2.75) is 19.9 Å². The molecule has 4 rings (SSSR count). The van der Waals surface area contributed by atoms with E-state index in [0.717, 1.165) is 42.7 Å². The molecule has 0 saturated heterocycles. The highest BCUT2D eigenvalue weighted by molar-refractivity contribution is 5.81. The van der Waals surface area contributed by atoms with E-state index in [2.05, 4.69) is 67.7 Å². The van der Waals surface area contributed by atoms with Crippen molar-refractivity contribution in [2.24, 2.45) is 4.99 Å². The van der Waals surface area contributed by atoms with Crippen LogP contribution in [0.25, 0.3) is 11.4 Å². The van der Waals surface area contributed by atoms with E-state index in [1.54, 1.807) is 6.20 Å². The molecule has 148 valence electrons. The largest absolute Gasteiger partial charge is 0.352 e. The Morgan fingerprint density at radius 3 is 2.62 bits per heavy atom. The molecule has 6 heteroatoms. The zero-order valence-electron chi connectivity index (χ0n) is 16.9. The molecule has 0 radical (unpaired) electrons. The van der Waals surface area contributed by atoms with E-state index < -0.39 is 0 Å². The van der Waals surface area contributed by atoms with Gasteiger partial charge in [0, 0.05) is 45.3 Å². The fourth-order valence-electron chi connectivity index (χ4n) is 3.57. The predicted molar refractivity (Wildman–Crippen MR) is 117 cm³/mol. The summed E-state index contributed by atoms with van der Waals surface area (Å²) in [6, 6.07) is 14.7. The lowest BCUT2D eigenvalue weighted by atomic mass is 10.00. The van der Waals surface area contributed by atoms with Gasteiger partial charge in [0.1, 0.15) is 11.6 Å². The highest BCUT2D eigenvalue weighted by Crippen LogP contribution is 2.22. The molecule has 1 aliphatic rings. The molecule has 1 aromatic carbocycles. The predicted octanol–water partition coefficient (Wildman–Crippen LogP) is 3.44. The number of aryl methyl sites for hydroxylation is 1. The third-order valence-corrected chi connectivity index (χ3v) is 5.20. The van der Waals surface area contributed by atoms with E-state index in [1.165, 1.54) is 11.1 Å². The second kappa shape index (κ2) is 8.73. The first-order chi connectivity index (χ1) is 14.2. The summed E-state index contributed by atoms with van der Waals surface area (Å²) in [5.41, 5.74) is 3.84. The smallest absolute Gasteiger partial charge is 0.194 e. The molecule has 3 aromatic rings. The monoisotopic (exact) mass is 386 g/mol. The lowest BCUT2D eigenvalue weighted by molar-refractivity contribution is 0.439. The maximum absolute atomic E-state index is 4.56. The molecule has 1 aliphatic heterocycles. The van der Waals surface area contributed by atoms with Crippen LogP contribution in [0, 0.1) is 6.92 Å². The van der Waals surface area contributed by atoms with Crippen LogP contribution in [0.2, 0.25) is 0 Å². The van der Waals surface area contributed by atoms with Crippen molar-refractivity contribution in [3.05, 3.63) is 84.1 Å².